The van der Waals surface area contributed by atoms with E-state index < -0.39 is 10.8 Å². The van der Waals surface area contributed by atoms with Crippen molar-refractivity contribution in [1.82, 2.24) is 4.98 Å². The first kappa shape index (κ1) is 14.7. The van der Waals surface area contributed by atoms with Gasteiger partial charge in [0, 0.05) is 11.9 Å². The number of methoxy groups -OCH3 is 1. The summed E-state index contributed by atoms with van der Waals surface area (Å²) in [5.74, 6) is -0.787. The van der Waals surface area contributed by atoms with Gasteiger partial charge in [0.25, 0.3) is 0 Å². The molecule has 1 N–H and O–H groups in total. The number of hydrogen-bond donors (Lipinski definition) is 1. The van der Waals surface area contributed by atoms with E-state index >= 15 is 0 Å². The maximum atomic E-state index is 11.4. The third-order valence-electron chi connectivity index (χ3n) is 3.14. The highest BCUT2D eigenvalue weighted by atomic mass is 16.6. The van der Waals surface area contributed by atoms with E-state index in [0.717, 1.165) is 0 Å². The molecule has 1 atom stereocenters. The zero-order valence-electron chi connectivity index (χ0n) is 11.7. The Morgan fingerprint density at radius 1 is 1.48 bits per heavy atom. The quantitative estimate of drug-likeness (QED) is 0.516. The number of fused-ring (bicyclic) bond motifs is 1. The number of ether oxygens (including phenoxy) is 1. The van der Waals surface area contributed by atoms with Gasteiger partial charge in [0.1, 0.15) is 11.9 Å². The summed E-state index contributed by atoms with van der Waals surface area (Å²) in [6.45, 7) is 1.93. The molecule has 2 aromatic rings. The van der Waals surface area contributed by atoms with Gasteiger partial charge in [0.2, 0.25) is 0 Å². The summed E-state index contributed by atoms with van der Waals surface area (Å²) in [6, 6.07) is 7.11. The SMILES string of the molecule is COC(=O)C(C)CNc1c([N+](=O)[O-])cnc2ccccc12. The van der Waals surface area contributed by atoms with Gasteiger partial charge >= 0.3 is 11.7 Å². The molecule has 2 rings (SSSR count). The van der Waals surface area contributed by atoms with Crippen molar-refractivity contribution in [2.75, 3.05) is 19.0 Å². The van der Waals surface area contributed by atoms with Crippen LogP contribution in [0.1, 0.15) is 6.92 Å². The Labute approximate surface area is 121 Å². The smallest absolute Gasteiger partial charge is 0.311 e. The fourth-order valence-electron chi connectivity index (χ4n) is 1.99. The first-order valence-electron chi connectivity index (χ1n) is 6.38. The van der Waals surface area contributed by atoms with Gasteiger partial charge in [0.15, 0.2) is 0 Å². The average Bonchev–Trinajstić information content (AvgIpc) is 2.50. The van der Waals surface area contributed by atoms with Crippen LogP contribution in [0.4, 0.5) is 11.4 Å². The van der Waals surface area contributed by atoms with Crippen LogP contribution in [0.15, 0.2) is 30.5 Å². The van der Waals surface area contributed by atoms with Crippen LogP contribution in [0.2, 0.25) is 0 Å². The first-order valence-corrected chi connectivity index (χ1v) is 6.38. The van der Waals surface area contributed by atoms with Crippen LogP contribution in [0.5, 0.6) is 0 Å². The zero-order valence-corrected chi connectivity index (χ0v) is 11.7. The Balaban J connectivity index is 2.38. The topological polar surface area (TPSA) is 94.4 Å². The van der Waals surface area contributed by atoms with E-state index in [-0.39, 0.29) is 18.2 Å². The number of nitro groups is 1. The average molecular weight is 289 g/mol. The lowest BCUT2D eigenvalue weighted by Crippen LogP contribution is -2.21. The number of pyridine rings is 1. The summed E-state index contributed by atoms with van der Waals surface area (Å²) >= 11 is 0. The molecule has 7 heteroatoms. The normalized spacial score (nSPS) is 11.9. The Morgan fingerprint density at radius 3 is 2.86 bits per heavy atom. The summed E-state index contributed by atoms with van der Waals surface area (Å²) in [5.41, 5.74) is 0.892. The van der Waals surface area contributed by atoms with E-state index in [1.807, 2.05) is 6.07 Å². The molecule has 0 aliphatic heterocycles. The molecular formula is C14H15N3O4. The minimum Gasteiger partial charge on any atom is -0.469 e. The highest BCUT2D eigenvalue weighted by molar-refractivity contribution is 5.95. The molecule has 1 unspecified atom stereocenters. The number of benzene rings is 1. The third-order valence-corrected chi connectivity index (χ3v) is 3.14. The predicted molar refractivity (Wildman–Crippen MR) is 78.1 cm³/mol. The Bertz CT molecular complexity index is 687. The largest absolute Gasteiger partial charge is 0.469 e. The number of esters is 1. The lowest BCUT2D eigenvalue weighted by molar-refractivity contribution is -0.384. The first-order chi connectivity index (χ1) is 10.0. The van der Waals surface area contributed by atoms with Crippen molar-refractivity contribution in [3.05, 3.63) is 40.6 Å². The number of nitrogens with one attached hydrogen (secondary N) is 1. The molecule has 0 radical (unpaired) electrons. The minimum absolute atomic E-state index is 0.120. The van der Waals surface area contributed by atoms with Gasteiger partial charge in [-0.15, -0.1) is 0 Å². The molecule has 0 aliphatic carbocycles. The number of anilines is 1. The summed E-state index contributed by atoms with van der Waals surface area (Å²) in [5, 5.41) is 14.7. The van der Waals surface area contributed by atoms with Crippen molar-refractivity contribution >= 4 is 28.2 Å². The summed E-state index contributed by atoms with van der Waals surface area (Å²) < 4.78 is 4.64. The molecule has 0 aliphatic rings. The van der Waals surface area contributed by atoms with E-state index in [2.05, 4.69) is 15.0 Å². The maximum absolute atomic E-state index is 11.4. The van der Waals surface area contributed by atoms with Crippen molar-refractivity contribution in [2.45, 2.75) is 6.92 Å². The second-order valence-corrected chi connectivity index (χ2v) is 4.60. The van der Waals surface area contributed by atoms with Gasteiger partial charge < -0.3 is 10.1 Å². The highest BCUT2D eigenvalue weighted by Gasteiger charge is 2.20. The number of rotatable bonds is 5. The van der Waals surface area contributed by atoms with Crippen LogP contribution < -0.4 is 5.32 Å². The molecule has 0 spiro atoms. The molecule has 7 nitrogen and oxygen atoms in total. The molecule has 0 fully saturated rings. The van der Waals surface area contributed by atoms with E-state index in [9.17, 15) is 14.9 Å². The van der Waals surface area contributed by atoms with Crippen molar-refractivity contribution < 1.29 is 14.5 Å². The zero-order chi connectivity index (χ0) is 15.4. The van der Waals surface area contributed by atoms with E-state index in [4.69, 9.17) is 0 Å². The number of hydrogen-bond acceptors (Lipinski definition) is 6. The lowest BCUT2D eigenvalue weighted by Gasteiger charge is -2.13. The molecule has 0 bridgehead atoms. The number of aromatic nitrogens is 1. The molecule has 1 aromatic carbocycles. The Kier molecular flexibility index (Phi) is 4.32. The standard InChI is InChI=1S/C14H15N3O4/c1-9(14(18)21-2)7-16-13-10-5-3-4-6-11(10)15-8-12(13)17(19)20/h3-6,8-9H,7H2,1-2H3,(H,15,16). The molecule has 0 amide bonds. The van der Waals surface area contributed by atoms with Crippen molar-refractivity contribution in [3.63, 3.8) is 0 Å². The van der Waals surface area contributed by atoms with Gasteiger partial charge in [0.05, 0.1) is 23.5 Å². The second kappa shape index (κ2) is 6.17. The summed E-state index contributed by atoms with van der Waals surface area (Å²) in [4.78, 5) is 26.1. The molecule has 110 valence electrons. The molecule has 1 heterocycles. The van der Waals surface area contributed by atoms with Crippen LogP contribution in [0.3, 0.4) is 0 Å². The van der Waals surface area contributed by atoms with Gasteiger partial charge in [-0.25, -0.2) is 4.98 Å². The summed E-state index contributed by atoms with van der Waals surface area (Å²) in [7, 11) is 1.31. The predicted octanol–water partition coefficient (Wildman–Crippen LogP) is 2.36. The summed E-state index contributed by atoms with van der Waals surface area (Å²) in [6.07, 6.45) is 1.22. The molecule has 0 saturated heterocycles. The number of carbonyl (C=O) groups is 1. The molecule has 1 aromatic heterocycles. The monoisotopic (exact) mass is 289 g/mol. The van der Waals surface area contributed by atoms with Crippen LogP contribution in [-0.2, 0) is 9.53 Å². The third kappa shape index (κ3) is 3.07. The van der Waals surface area contributed by atoms with Gasteiger partial charge in [-0.1, -0.05) is 25.1 Å². The van der Waals surface area contributed by atoms with Crippen LogP contribution in [0.25, 0.3) is 10.9 Å². The van der Waals surface area contributed by atoms with Crippen LogP contribution in [-0.4, -0.2) is 29.5 Å². The van der Waals surface area contributed by atoms with Crippen LogP contribution >= 0.6 is 0 Å². The molecule has 21 heavy (non-hydrogen) atoms. The fraction of sp³-hybridized carbons (Fsp3) is 0.286. The van der Waals surface area contributed by atoms with Gasteiger partial charge in [-0.05, 0) is 6.07 Å². The Morgan fingerprint density at radius 2 is 2.19 bits per heavy atom. The van der Waals surface area contributed by atoms with Crippen molar-refractivity contribution in [2.24, 2.45) is 5.92 Å². The van der Waals surface area contributed by atoms with E-state index in [1.54, 1.807) is 25.1 Å². The van der Waals surface area contributed by atoms with E-state index in [0.29, 0.717) is 16.6 Å². The second-order valence-electron chi connectivity index (χ2n) is 4.60. The number of carbonyl (C=O) groups excluding carboxylic acids is 1. The van der Waals surface area contributed by atoms with Gasteiger partial charge in [-0.2, -0.15) is 0 Å². The molecular weight excluding hydrogens is 274 g/mol. The van der Waals surface area contributed by atoms with Crippen LogP contribution in [0, 0.1) is 16.0 Å². The van der Waals surface area contributed by atoms with Crippen molar-refractivity contribution in [1.29, 1.82) is 0 Å². The number of para-hydroxylation sites is 1. The van der Waals surface area contributed by atoms with Gasteiger partial charge in [-0.3, -0.25) is 14.9 Å². The molecule has 0 saturated carbocycles. The lowest BCUT2D eigenvalue weighted by atomic mass is 10.1. The van der Waals surface area contributed by atoms with Crippen molar-refractivity contribution in [3.8, 4) is 0 Å². The highest BCUT2D eigenvalue weighted by Crippen LogP contribution is 2.31. The van der Waals surface area contributed by atoms with E-state index in [1.165, 1.54) is 13.3 Å². The number of nitrogens with zero attached hydrogens (tertiary/aromatic N) is 2. The minimum atomic E-state index is -0.495. The fourth-order valence-corrected chi connectivity index (χ4v) is 1.99. The Hall–Kier alpha value is -2.70. The maximum Gasteiger partial charge on any atom is 0.311 e.